The Bertz CT molecular complexity index is 305. The summed E-state index contributed by atoms with van der Waals surface area (Å²) in [6.07, 6.45) is 2.42. The predicted molar refractivity (Wildman–Crippen MR) is 52.4 cm³/mol. The molecule has 12 heavy (non-hydrogen) atoms. The molecule has 0 aromatic heterocycles. The molecule has 0 unspecified atom stereocenters. The first kappa shape index (κ1) is 7.47. The molecule has 0 spiro atoms. The van der Waals surface area contributed by atoms with Gasteiger partial charge in [-0.25, -0.2) is 0 Å². The van der Waals surface area contributed by atoms with E-state index in [4.69, 9.17) is 5.73 Å². The van der Waals surface area contributed by atoms with Gasteiger partial charge in [-0.15, -0.1) is 0 Å². The Morgan fingerprint density at radius 3 is 3.08 bits per heavy atom. The first-order chi connectivity index (χ1) is 5.79. The van der Waals surface area contributed by atoms with Crippen molar-refractivity contribution < 1.29 is 0 Å². The first-order valence-corrected chi connectivity index (χ1v) is 4.41. The van der Waals surface area contributed by atoms with Crippen LogP contribution in [0.3, 0.4) is 0 Å². The summed E-state index contributed by atoms with van der Waals surface area (Å²) >= 11 is 0. The summed E-state index contributed by atoms with van der Waals surface area (Å²) in [4.78, 5) is 0. The van der Waals surface area contributed by atoms with Gasteiger partial charge in [-0.05, 0) is 37.0 Å². The monoisotopic (exact) mass is 162 g/mol. The van der Waals surface area contributed by atoms with Gasteiger partial charge < -0.3 is 11.1 Å². The highest BCUT2D eigenvalue weighted by Gasteiger charge is 2.11. The van der Waals surface area contributed by atoms with E-state index in [1.165, 1.54) is 29.7 Å². The Balaban J connectivity index is 2.54. The number of nitrogens with one attached hydrogen (secondary N) is 1. The molecule has 0 saturated heterocycles. The third-order valence-electron chi connectivity index (χ3n) is 2.52. The summed E-state index contributed by atoms with van der Waals surface area (Å²) in [6, 6.07) is 4.13. The van der Waals surface area contributed by atoms with E-state index in [0.29, 0.717) is 0 Å². The molecule has 1 heterocycles. The molecule has 3 N–H and O–H groups in total. The van der Waals surface area contributed by atoms with Crippen LogP contribution >= 0.6 is 0 Å². The van der Waals surface area contributed by atoms with Crippen molar-refractivity contribution in [1.82, 2.24) is 0 Å². The zero-order valence-electron chi connectivity index (χ0n) is 7.35. The molecule has 2 rings (SSSR count). The Kier molecular flexibility index (Phi) is 1.68. The summed E-state index contributed by atoms with van der Waals surface area (Å²) < 4.78 is 0. The van der Waals surface area contributed by atoms with Gasteiger partial charge in [-0.1, -0.05) is 6.07 Å². The topological polar surface area (TPSA) is 38.0 Å². The van der Waals surface area contributed by atoms with Crippen LogP contribution in [-0.4, -0.2) is 6.54 Å². The average molecular weight is 162 g/mol. The molecule has 0 amide bonds. The van der Waals surface area contributed by atoms with Crippen LogP contribution in [0.5, 0.6) is 0 Å². The normalized spacial score (nSPS) is 15.1. The minimum absolute atomic E-state index is 0.892. The van der Waals surface area contributed by atoms with Gasteiger partial charge in [0.1, 0.15) is 0 Å². The fourth-order valence-corrected chi connectivity index (χ4v) is 1.73. The lowest BCUT2D eigenvalue weighted by atomic mass is 9.99. The number of hydrogen-bond donors (Lipinski definition) is 2. The van der Waals surface area contributed by atoms with Gasteiger partial charge in [-0.3, -0.25) is 0 Å². The zero-order valence-corrected chi connectivity index (χ0v) is 7.35. The van der Waals surface area contributed by atoms with Crippen LogP contribution in [0, 0.1) is 6.92 Å². The second-order valence-electron chi connectivity index (χ2n) is 3.34. The minimum Gasteiger partial charge on any atom is -0.398 e. The molecule has 1 aromatic rings. The third kappa shape index (κ3) is 1.04. The summed E-state index contributed by atoms with van der Waals surface area (Å²) in [5.41, 5.74) is 10.6. The van der Waals surface area contributed by atoms with Crippen molar-refractivity contribution in [3.63, 3.8) is 0 Å². The molecule has 0 saturated carbocycles. The van der Waals surface area contributed by atoms with E-state index in [1.807, 2.05) is 6.07 Å². The van der Waals surface area contributed by atoms with Gasteiger partial charge in [0.2, 0.25) is 0 Å². The molecule has 0 bridgehead atoms. The quantitative estimate of drug-likeness (QED) is 0.572. The lowest BCUT2D eigenvalue weighted by molar-refractivity contribution is 0.828. The van der Waals surface area contributed by atoms with E-state index >= 15 is 0 Å². The van der Waals surface area contributed by atoms with E-state index in [0.717, 1.165) is 12.2 Å². The Morgan fingerprint density at radius 2 is 2.25 bits per heavy atom. The van der Waals surface area contributed by atoms with Crippen molar-refractivity contribution in [3.8, 4) is 0 Å². The molecule has 64 valence electrons. The van der Waals surface area contributed by atoms with E-state index in [1.54, 1.807) is 0 Å². The molecule has 1 aliphatic heterocycles. The molecule has 1 aliphatic rings. The van der Waals surface area contributed by atoms with Crippen molar-refractivity contribution >= 4 is 11.4 Å². The molecular formula is C10H14N2. The van der Waals surface area contributed by atoms with Crippen molar-refractivity contribution in [2.45, 2.75) is 19.8 Å². The number of aryl methyl sites for hydroxylation is 1. The first-order valence-electron chi connectivity index (χ1n) is 4.41. The summed E-state index contributed by atoms with van der Waals surface area (Å²) in [6.45, 7) is 3.16. The maximum atomic E-state index is 5.80. The van der Waals surface area contributed by atoms with Crippen LogP contribution in [0.15, 0.2) is 12.1 Å². The second-order valence-corrected chi connectivity index (χ2v) is 3.34. The summed E-state index contributed by atoms with van der Waals surface area (Å²) in [5.74, 6) is 0. The van der Waals surface area contributed by atoms with Gasteiger partial charge in [-0.2, -0.15) is 0 Å². The average Bonchev–Trinajstić information content (AvgIpc) is 2.12. The SMILES string of the molecule is Cc1c(N)ccc2c1NCCC2. The Morgan fingerprint density at radius 1 is 1.42 bits per heavy atom. The molecule has 0 aliphatic carbocycles. The maximum absolute atomic E-state index is 5.80. The molecule has 1 aromatic carbocycles. The number of anilines is 2. The molecule has 0 atom stereocenters. The van der Waals surface area contributed by atoms with Gasteiger partial charge in [0.05, 0.1) is 0 Å². The fourth-order valence-electron chi connectivity index (χ4n) is 1.73. The summed E-state index contributed by atoms with van der Waals surface area (Å²) in [7, 11) is 0. The lowest BCUT2D eigenvalue weighted by Gasteiger charge is -2.20. The van der Waals surface area contributed by atoms with Crippen molar-refractivity contribution in [1.29, 1.82) is 0 Å². The van der Waals surface area contributed by atoms with Crippen LogP contribution in [0.2, 0.25) is 0 Å². The van der Waals surface area contributed by atoms with E-state index in [2.05, 4.69) is 18.3 Å². The van der Waals surface area contributed by atoms with Crippen LogP contribution in [-0.2, 0) is 6.42 Å². The highest BCUT2D eigenvalue weighted by Crippen LogP contribution is 2.29. The molecule has 0 fully saturated rings. The van der Waals surface area contributed by atoms with Crippen LogP contribution in [0.4, 0.5) is 11.4 Å². The zero-order chi connectivity index (χ0) is 8.55. The highest BCUT2D eigenvalue weighted by atomic mass is 14.9. The molecule has 2 heteroatoms. The van der Waals surface area contributed by atoms with Crippen molar-refractivity contribution in [3.05, 3.63) is 23.3 Å². The fraction of sp³-hybridized carbons (Fsp3) is 0.400. The number of benzene rings is 1. The molecule has 0 radical (unpaired) electrons. The number of hydrogen-bond acceptors (Lipinski definition) is 2. The molecule has 2 nitrogen and oxygen atoms in total. The Hall–Kier alpha value is -1.18. The van der Waals surface area contributed by atoms with Gasteiger partial charge in [0, 0.05) is 17.9 Å². The second kappa shape index (κ2) is 2.70. The maximum Gasteiger partial charge on any atom is 0.0423 e. The third-order valence-corrected chi connectivity index (χ3v) is 2.52. The van der Waals surface area contributed by atoms with E-state index < -0.39 is 0 Å². The minimum atomic E-state index is 0.892. The van der Waals surface area contributed by atoms with Crippen LogP contribution in [0.1, 0.15) is 17.5 Å². The van der Waals surface area contributed by atoms with Gasteiger partial charge in [0.15, 0.2) is 0 Å². The molecular weight excluding hydrogens is 148 g/mol. The van der Waals surface area contributed by atoms with Crippen molar-refractivity contribution in [2.75, 3.05) is 17.6 Å². The largest absolute Gasteiger partial charge is 0.398 e. The smallest absolute Gasteiger partial charge is 0.0423 e. The van der Waals surface area contributed by atoms with Gasteiger partial charge in [0.25, 0.3) is 0 Å². The highest BCUT2D eigenvalue weighted by molar-refractivity contribution is 5.67. The summed E-state index contributed by atoms with van der Waals surface area (Å²) in [5, 5.41) is 3.39. The number of rotatable bonds is 0. The van der Waals surface area contributed by atoms with E-state index in [-0.39, 0.29) is 0 Å². The predicted octanol–water partition coefficient (Wildman–Crippen LogP) is 1.94. The van der Waals surface area contributed by atoms with Gasteiger partial charge >= 0.3 is 0 Å². The standard InChI is InChI=1S/C10H14N2/c1-7-9(11)5-4-8-3-2-6-12-10(7)8/h4-5,12H,2-3,6,11H2,1H3. The van der Waals surface area contributed by atoms with Crippen molar-refractivity contribution in [2.24, 2.45) is 0 Å². The van der Waals surface area contributed by atoms with Crippen LogP contribution < -0.4 is 11.1 Å². The number of nitrogen functional groups attached to an aromatic ring is 1. The number of fused-ring (bicyclic) bond motifs is 1. The van der Waals surface area contributed by atoms with Crippen LogP contribution in [0.25, 0.3) is 0 Å². The van der Waals surface area contributed by atoms with E-state index in [9.17, 15) is 0 Å². The lowest BCUT2D eigenvalue weighted by Crippen LogP contribution is -2.13. The Labute approximate surface area is 72.8 Å². The number of nitrogens with two attached hydrogens (primary N) is 1.